The Balaban J connectivity index is 2.22. The van der Waals surface area contributed by atoms with Crippen molar-refractivity contribution in [1.29, 1.82) is 0 Å². The number of nitrogens with zero attached hydrogens (tertiary/aromatic N) is 2. The van der Waals surface area contributed by atoms with Gasteiger partial charge in [-0.3, -0.25) is 4.79 Å². The minimum Gasteiger partial charge on any atom is -0.272 e. The fraction of sp³-hybridized carbons (Fsp3) is 0.333. The van der Waals surface area contributed by atoms with Crippen molar-refractivity contribution in [3.63, 3.8) is 0 Å². The molecule has 0 saturated heterocycles. The van der Waals surface area contributed by atoms with Crippen LogP contribution in [0, 0.1) is 12.0 Å². The Morgan fingerprint density at radius 1 is 1.32 bits per heavy atom. The standard InChI is InChI=1S/C15H15BrN2O/c1-2-3-4-11-18-15(19)10-9-14(17-18)12-5-7-13(16)8-6-12/h5-8H,2-3,9-10H2,1H3. The van der Waals surface area contributed by atoms with Gasteiger partial charge in [-0.25, -0.2) is 0 Å². The zero-order chi connectivity index (χ0) is 13.7. The topological polar surface area (TPSA) is 32.7 Å². The van der Waals surface area contributed by atoms with Crippen LogP contribution < -0.4 is 0 Å². The average Bonchev–Trinajstić information content (AvgIpc) is 2.42. The number of hydrogen-bond acceptors (Lipinski definition) is 2. The molecule has 0 radical (unpaired) electrons. The predicted molar refractivity (Wildman–Crippen MR) is 79.4 cm³/mol. The van der Waals surface area contributed by atoms with Crippen LogP contribution in [0.2, 0.25) is 0 Å². The summed E-state index contributed by atoms with van der Waals surface area (Å²) in [5.74, 6) is 2.93. The summed E-state index contributed by atoms with van der Waals surface area (Å²) in [4.78, 5) is 11.7. The monoisotopic (exact) mass is 318 g/mol. The minimum absolute atomic E-state index is 0.0236. The van der Waals surface area contributed by atoms with Crippen molar-refractivity contribution in [1.82, 2.24) is 5.01 Å². The Morgan fingerprint density at radius 3 is 2.74 bits per heavy atom. The summed E-state index contributed by atoms with van der Waals surface area (Å²) in [7, 11) is 0. The average molecular weight is 319 g/mol. The van der Waals surface area contributed by atoms with Crippen LogP contribution in [0.25, 0.3) is 0 Å². The second-order valence-corrected chi connectivity index (χ2v) is 5.21. The van der Waals surface area contributed by atoms with Crippen LogP contribution in [-0.2, 0) is 4.79 Å². The number of carbonyl (C=O) groups excluding carboxylic acids is 1. The molecular weight excluding hydrogens is 304 g/mol. The van der Waals surface area contributed by atoms with E-state index in [0.29, 0.717) is 12.8 Å². The number of hydrazone groups is 1. The van der Waals surface area contributed by atoms with Gasteiger partial charge in [0, 0.05) is 29.8 Å². The van der Waals surface area contributed by atoms with E-state index in [4.69, 9.17) is 0 Å². The summed E-state index contributed by atoms with van der Waals surface area (Å²) in [6.45, 7) is 2.06. The van der Waals surface area contributed by atoms with Crippen LogP contribution in [0.5, 0.6) is 0 Å². The first-order valence-corrected chi connectivity index (χ1v) is 7.15. The van der Waals surface area contributed by atoms with E-state index in [1.54, 1.807) is 0 Å². The normalized spacial score (nSPS) is 14.7. The van der Waals surface area contributed by atoms with E-state index in [9.17, 15) is 4.79 Å². The third-order valence-electron chi connectivity index (χ3n) is 2.77. The van der Waals surface area contributed by atoms with E-state index in [1.807, 2.05) is 24.3 Å². The van der Waals surface area contributed by atoms with E-state index < -0.39 is 0 Å². The summed E-state index contributed by atoms with van der Waals surface area (Å²) in [5, 5.41) is 5.63. The molecule has 0 bridgehead atoms. The summed E-state index contributed by atoms with van der Waals surface area (Å²) in [6.07, 6.45) is 2.91. The minimum atomic E-state index is -0.0236. The maximum absolute atomic E-state index is 11.7. The first-order chi connectivity index (χ1) is 9.20. The number of hydrogen-bond donors (Lipinski definition) is 0. The van der Waals surface area contributed by atoms with Crippen LogP contribution in [0.3, 0.4) is 0 Å². The highest BCUT2D eigenvalue weighted by Crippen LogP contribution is 2.17. The third-order valence-corrected chi connectivity index (χ3v) is 3.30. The van der Waals surface area contributed by atoms with Gasteiger partial charge in [-0.1, -0.05) is 40.9 Å². The van der Waals surface area contributed by atoms with E-state index in [-0.39, 0.29) is 5.91 Å². The molecule has 1 aromatic carbocycles. The summed E-state index contributed by atoms with van der Waals surface area (Å²) >= 11 is 3.41. The second kappa shape index (κ2) is 6.53. The predicted octanol–water partition coefficient (Wildman–Crippen LogP) is 3.54. The smallest absolute Gasteiger partial charge is 0.255 e. The Morgan fingerprint density at radius 2 is 2.05 bits per heavy atom. The van der Waals surface area contributed by atoms with Gasteiger partial charge in [0.15, 0.2) is 0 Å². The van der Waals surface area contributed by atoms with Gasteiger partial charge in [0.2, 0.25) is 0 Å². The first-order valence-electron chi connectivity index (χ1n) is 6.35. The highest BCUT2D eigenvalue weighted by Gasteiger charge is 2.19. The number of carbonyl (C=O) groups is 1. The summed E-state index contributed by atoms with van der Waals surface area (Å²) in [6, 6.07) is 10.8. The molecule has 0 spiro atoms. The molecule has 0 atom stereocenters. The molecule has 0 saturated carbocycles. The zero-order valence-corrected chi connectivity index (χ0v) is 12.4. The molecule has 1 amide bonds. The lowest BCUT2D eigenvalue weighted by atomic mass is 10.0. The molecule has 0 aliphatic carbocycles. The van der Waals surface area contributed by atoms with Crippen LogP contribution in [0.15, 0.2) is 33.8 Å². The molecule has 4 heteroatoms. The maximum Gasteiger partial charge on any atom is 0.255 e. The van der Waals surface area contributed by atoms with Gasteiger partial charge in [-0.2, -0.15) is 10.1 Å². The molecule has 1 aliphatic rings. The van der Waals surface area contributed by atoms with Gasteiger partial charge in [-0.15, -0.1) is 0 Å². The molecule has 0 aromatic heterocycles. The molecular formula is C15H15BrN2O. The Bertz CT molecular complexity index is 552. The molecule has 0 fully saturated rings. The van der Waals surface area contributed by atoms with Crippen molar-refractivity contribution in [2.45, 2.75) is 32.6 Å². The van der Waals surface area contributed by atoms with E-state index in [2.05, 4.69) is 39.9 Å². The highest BCUT2D eigenvalue weighted by molar-refractivity contribution is 9.10. The number of halogens is 1. The lowest BCUT2D eigenvalue weighted by Crippen LogP contribution is -2.28. The number of rotatable bonds is 2. The quantitative estimate of drug-likeness (QED) is 0.768. The fourth-order valence-electron chi connectivity index (χ4n) is 1.75. The molecule has 1 aliphatic heterocycles. The Kier molecular flexibility index (Phi) is 4.75. The van der Waals surface area contributed by atoms with Crippen molar-refractivity contribution in [3.05, 3.63) is 34.3 Å². The van der Waals surface area contributed by atoms with Gasteiger partial charge < -0.3 is 0 Å². The second-order valence-electron chi connectivity index (χ2n) is 4.30. The lowest BCUT2D eigenvalue weighted by Gasteiger charge is -2.18. The highest BCUT2D eigenvalue weighted by atomic mass is 79.9. The molecule has 98 valence electrons. The number of amides is 1. The largest absolute Gasteiger partial charge is 0.272 e. The van der Waals surface area contributed by atoms with Crippen LogP contribution in [0.1, 0.15) is 38.2 Å². The molecule has 19 heavy (non-hydrogen) atoms. The van der Waals surface area contributed by atoms with Crippen LogP contribution >= 0.6 is 15.9 Å². The van der Waals surface area contributed by atoms with Crippen LogP contribution in [0.4, 0.5) is 0 Å². The molecule has 1 heterocycles. The van der Waals surface area contributed by atoms with E-state index >= 15 is 0 Å². The van der Waals surface area contributed by atoms with E-state index in [0.717, 1.165) is 28.6 Å². The molecule has 2 rings (SSSR count). The van der Waals surface area contributed by atoms with Crippen LogP contribution in [-0.4, -0.2) is 16.6 Å². The van der Waals surface area contributed by atoms with Gasteiger partial charge in [-0.05, 0) is 24.1 Å². The molecule has 0 N–H and O–H groups in total. The first kappa shape index (κ1) is 13.8. The summed E-state index contributed by atoms with van der Waals surface area (Å²) < 4.78 is 1.03. The van der Waals surface area contributed by atoms with Crippen molar-refractivity contribution in [2.75, 3.05) is 0 Å². The van der Waals surface area contributed by atoms with Gasteiger partial charge in [0.25, 0.3) is 5.91 Å². The Hall–Kier alpha value is -1.60. The Labute approximate surface area is 121 Å². The molecule has 1 aromatic rings. The third kappa shape index (κ3) is 3.68. The number of benzene rings is 1. The van der Waals surface area contributed by atoms with Gasteiger partial charge >= 0.3 is 0 Å². The molecule has 3 nitrogen and oxygen atoms in total. The van der Waals surface area contributed by atoms with Crippen molar-refractivity contribution >= 4 is 27.5 Å². The van der Waals surface area contributed by atoms with Crippen molar-refractivity contribution in [2.24, 2.45) is 5.10 Å². The van der Waals surface area contributed by atoms with E-state index in [1.165, 1.54) is 5.01 Å². The fourth-order valence-corrected chi connectivity index (χ4v) is 2.01. The van der Waals surface area contributed by atoms with Gasteiger partial charge in [0.05, 0.1) is 5.71 Å². The lowest BCUT2D eigenvalue weighted by molar-refractivity contribution is -0.128. The zero-order valence-electron chi connectivity index (χ0n) is 10.8. The van der Waals surface area contributed by atoms with Crippen molar-refractivity contribution in [3.8, 4) is 12.0 Å². The van der Waals surface area contributed by atoms with Crippen molar-refractivity contribution < 1.29 is 4.79 Å². The van der Waals surface area contributed by atoms with Gasteiger partial charge in [0.1, 0.15) is 0 Å². The summed E-state index contributed by atoms with van der Waals surface area (Å²) in [5.41, 5.74) is 1.95. The maximum atomic E-state index is 11.7. The number of unbranched alkanes of at least 4 members (excludes halogenated alkanes) is 1. The molecule has 0 unspecified atom stereocenters. The SMILES string of the molecule is CCCC#CN1N=C(c2ccc(Br)cc2)CCC1=O.